The zero-order valence-electron chi connectivity index (χ0n) is 14.8. The predicted molar refractivity (Wildman–Crippen MR) is 101 cm³/mol. The SMILES string of the molecule is Cc1csc(C(=O)C2C(=O)N(N(C=O)C(C)(C)C)c3cc(Cl)cnc32)c1. The molecule has 1 atom stereocenters. The summed E-state index contributed by atoms with van der Waals surface area (Å²) in [4.78, 5) is 42.6. The van der Waals surface area contributed by atoms with Gasteiger partial charge in [0.1, 0.15) is 5.92 Å². The molecule has 0 bridgehead atoms. The summed E-state index contributed by atoms with van der Waals surface area (Å²) in [6.45, 7) is 7.27. The van der Waals surface area contributed by atoms with Gasteiger partial charge in [0.15, 0.2) is 5.78 Å². The first-order valence-corrected chi connectivity index (χ1v) is 9.24. The highest BCUT2D eigenvalue weighted by Gasteiger charge is 2.48. The number of Topliss-reactive ketones (excluding diaryl/α,β-unsaturated/α-hetero) is 1. The molecule has 2 amide bonds. The fourth-order valence-electron chi connectivity index (χ4n) is 2.86. The number of thiophene rings is 1. The molecule has 6 nitrogen and oxygen atoms in total. The van der Waals surface area contributed by atoms with Gasteiger partial charge >= 0.3 is 0 Å². The molecule has 136 valence electrons. The van der Waals surface area contributed by atoms with Crippen LogP contribution in [0.25, 0.3) is 0 Å². The van der Waals surface area contributed by atoms with Crippen molar-refractivity contribution in [1.82, 2.24) is 9.99 Å². The fraction of sp³-hybridized carbons (Fsp3) is 0.333. The second kappa shape index (κ2) is 6.48. The number of pyridine rings is 1. The molecule has 8 heteroatoms. The minimum absolute atomic E-state index is 0.312. The molecule has 1 unspecified atom stereocenters. The lowest BCUT2D eigenvalue weighted by atomic mass is 9.99. The molecule has 2 aromatic rings. The summed E-state index contributed by atoms with van der Waals surface area (Å²) < 4.78 is 0. The minimum Gasteiger partial charge on any atom is -0.292 e. The standard InChI is InChI=1S/C18H18ClN3O3S/c1-10-5-13(26-8-10)16(24)14-15-12(6-11(19)7-20-15)22(17(14)25)21(9-23)18(2,3)4/h5-9,14H,1-4H3. The number of amides is 2. The molecule has 3 heterocycles. The number of ketones is 1. The molecule has 0 saturated carbocycles. The van der Waals surface area contributed by atoms with Gasteiger partial charge < -0.3 is 0 Å². The van der Waals surface area contributed by atoms with E-state index in [2.05, 4.69) is 4.98 Å². The number of nitrogens with zero attached hydrogens (tertiary/aromatic N) is 3. The Morgan fingerprint density at radius 1 is 1.38 bits per heavy atom. The smallest absolute Gasteiger partial charge is 0.263 e. The van der Waals surface area contributed by atoms with Crippen LogP contribution in [0.2, 0.25) is 5.02 Å². The molecule has 2 aromatic heterocycles. The van der Waals surface area contributed by atoms with E-state index >= 15 is 0 Å². The third-order valence-electron chi connectivity index (χ3n) is 4.06. The summed E-state index contributed by atoms with van der Waals surface area (Å²) >= 11 is 7.34. The number of carbonyl (C=O) groups excluding carboxylic acids is 3. The van der Waals surface area contributed by atoms with E-state index in [9.17, 15) is 14.4 Å². The Hall–Kier alpha value is -2.25. The van der Waals surface area contributed by atoms with Crippen LogP contribution >= 0.6 is 22.9 Å². The number of carbonyl (C=O) groups is 3. The molecule has 0 aliphatic carbocycles. The number of anilines is 1. The van der Waals surface area contributed by atoms with Crippen LogP contribution < -0.4 is 5.01 Å². The molecule has 3 rings (SSSR count). The molecule has 1 aliphatic rings. The van der Waals surface area contributed by atoms with E-state index in [1.165, 1.54) is 27.6 Å². The van der Waals surface area contributed by atoms with Crippen molar-refractivity contribution in [3.63, 3.8) is 0 Å². The number of aryl methyl sites for hydroxylation is 1. The van der Waals surface area contributed by atoms with Gasteiger partial charge in [0.05, 0.1) is 26.8 Å². The Bertz CT molecular complexity index is 903. The molecule has 26 heavy (non-hydrogen) atoms. The predicted octanol–water partition coefficient (Wildman–Crippen LogP) is 3.59. The van der Waals surface area contributed by atoms with Gasteiger partial charge in [0, 0.05) is 6.20 Å². The van der Waals surface area contributed by atoms with Crippen LogP contribution in [-0.4, -0.2) is 33.6 Å². The maximum atomic E-state index is 13.2. The van der Waals surface area contributed by atoms with Crippen LogP contribution in [0, 0.1) is 6.92 Å². The quantitative estimate of drug-likeness (QED) is 0.453. The number of fused-ring (bicyclic) bond motifs is 1. The Morgan fingerprint density at radius 3 is 2.62 bits per heavy atom. The third kappa shape index (κ3) is 3.01. The number of hydrazine groups is 1. The summed E-state index contributed by atoms with van der Waals surface area (Å²) in [6, 6.07) is 3.30. The van der Waals surface area contributed by atoms with Crippen molar-refractivity contribution in [3.8, 4) is 0 Å². The normalized spacial score (nSPS) is 16.6. The van der Waals surface area contributed by atoms with E-state index in [0.29, 0.717) is 27.7 Å². The van der Waals surface area contributed by atoms with E-state index in [0.717, 1.165) is 5.56 Å². The van der Waals surface area contributed by atoms with Crippen molar-refractivity contribution in [2.75, 3.05) is 5.01 Å². The number of rotatable bonds is 4. The molecule has 0 fully saturated rings. The first kappa shape index (κ1) is 18.5. The number of hydrogen-bond acceptors (Lipinski definition) is 5. The highest BCUT2D eigenvalue weighted by molar-refractivity contribution is 7.12. The van der Waals surface area contributed by atoms with Crippen LogP contribution in [0.1, 0.15) is 47.6 Å². The number of aromatic nitrogens is 1. The monoisotopic (exact) mass is 391 g/mol. The van der Waals surface area contributed by atoms with Gasteiger partial charge in [0.25, 0.3) is 5.91 Å². The maximum Gasteiger partial charge on any atom is 0.263 e. The van der Waals surface area contributed by atoms with Gasteiger partial charge in [-0.2, -0.15) is 0 Å². The second-order valence-corrected chi connectivity index (χ2v) is 8.46. The van der Waals surface area contributed by atoms with E-state index in [4.69, 9.17) is 11.6 Å². The average Bonchev–Trinajstić information content (AvgIpc) is 3.09. The van der Waals surface area contributed by atoms with Crippen molar-refractivity contribution >= 4 is 46.7 Å². The van der Waals surface area contributed by atoms with Gasteiger partial charge in [-0.05, 0) is 50.8 Å². The fourth-order valence-corrected chi connectivity index (χ4v) is 3.88. The van der Waals surface area contributed by atoms with E-state index < -0.39 is 17.4 Å². The first-order valence-electron chi connectivity index (χ1n) is 7.98. The van der Waals surface area contributed by atoms with Gasteiger partial charge in [-0.1, -0.05) is 11.6 Å². The van der Waals surface area contributed by atoms with Crippen LogP contribution in [0.5, 0.6) is 0 Å². The summed E-state index contributed by atoms with van der Waals surface area (Å²) in [5.41, 5.74) is 0.950. The Balaban J connectivity index is 2.13. The largest absolute Gasteiger partial charge is 0.292 e. The molecule has 0 aromatic carbocycles. The van der Waals surface area contributed by atoms with Gasteiger partial charge in [-0.25, -0.2) is 10.0 Å². The Kier molecular flexibility index (Phi) is 4.62. The lowest BCUT2D eigenvalue weighted by Crippen LogP contribution is -2.54. The molecule has 0 saturated heterocycles. The summed E-state index contributed by atoms with van der Waals surface area (Å²) in [5, 5.41) is 4.65. The zero-order valence-corrected chi connectivity index (χ0v) is 16.4. The van der Waals surface area contributed by atoms with Crippen molar-refractivity contribution in [2.45, 2.75) is 39.2 Å². The highest BCUT2D eigenvalue weighted by Crippen LogP contribution is 2.41. The summed E-state index contributed by atoms with van der Waals surface area (Å²) in [6.07, 6.45) is 1.98. The lowest BCUT2D eigenvalue weighted by molar-refractivity contribution is -0.132. The molecular weight excluding hydrogens is 374 g/mol. The van der Waals surface area contributed by atoms with Gasteiger partial charge in [0.2, 0.25) is 6.41 Å². The zero-order chi connectivity index (χ0) is 19.2. The molecule has 0 spiro atoms. The van der Waals surface area contributed by atoms with Crippen LogP contribution in [0.15, 0.2) is 23.7 Å². The minimum atomic E-state index is -1.09. The maximum absolute atomic E-state index is 13.2. The average molecular weight is 392 g/mol. The van der Waals surface area contributed by atoms with Crippen molar-refractivity contribution < 1.29 is 14.4 Å². The van der Waals surface area contributed by atoms with E-state index in [1.807, 2.05) is 12.3 Å². The van der Waals surface area contributed by atoms with Crippen molar-refractivity contribution in [2.24, 2.45) is 0 Å². The van der Waals surface area contributed by atoms with E-state index in [-0.39, 0.29) is 5.78 Å². The van der Waals surface area contributed by atoms with Gasteiger partial charge in [-0.15, -0.1) is 11.3 Å². The highest BCUT2D eigenvalue weighted by atomic mass is 35.5. The summed E-state index contributed by atoms with van der Waals surface area (Å²) in [5.74, 6) is -1.93. The molecule has 1 aliphatic heterocycles. The Morgan fingerprint density at radius 2 is 2.08 bits per heavy atom. The Labute approximate surface area is 160 Å². The van der Waals surface area contributed by atoms with Crippen molar-refractivity contribution in [3.05, 3.63) is 44.9 Å². The van der Waals surface area contributed by atoms with Crippen LogP contribution in [0.4, 0.5) is 5.69 Å². The molecular formula is C18H18ClN3O3S. The van der Waals surface area contributed by atoms with Crippen molar-refractivity contribution in [1.29, 1.82) is 0 Å². The lowest BCUT2D eigenvalue weighted by Gasteiger charge is -2.38. The number of halogens is 1. The molecule has 0 radical (unpaired) electrons. The van der Waals surface area contributed by atoms with E-state index in [1.54, 1.807) is 32.9 Å². The first-order chi connectivity index (χ1) is 12.1. The van der Waals surface area contributed by atoms with Crippen LogP contribution in [-0.2, 0) is 9.59 Å². The second-order valence-electron chi connectivity index (χ2n) is 7.11. The topological polar surface area (TPSA) is 70.6 Å². The van der Waals surface area contributed by atoms with Gasteiger partial charge in [-0.3, -0.25) is 19.4 Å². The molecule has 0 N–H and O–H groups in total. The third-order valence-corrected chi connectivity index (χ3v) is 5.33. The summed E-state index contributed by atoms with van der Waals surface area (Å²) in [7, 11) is 0. The number of hydrogen-bond donors (Lipinski definition) is 0. The van der Waals surface area contributed by atoms with Crippen LogP contribution in [0.3, 0.4) is 0 Å².